The lowest BCUT2D eigenvalue weighted by Crippen LogP contribution is -2.37. The summed E-state index contributed by atoms with van der Waals surface area (Å²) in [6.45, 7) is 9.75. The maximum absolute atomic E-state index is 12.8. The van der Waals surface area contributed by atoms with Gasteiger partial charge < -0.3 is 15.3 Å². The third-order valence-electron chi connectivity index (χ3n) is 3.89. The molecule has 5 nitrogen and oxygen atoms in total. The van der Waals surface area contributed by atoms with Crippen LogP contribution in [0.2, 0.25) is 0 Å². The van der Waals surface area contributed by atoms with Crippen molar-refractivity contribution in [1.29, 1.82) is 0 Å². The predicted molar refractivity (Wildman–Crippen MR) is 94.5 cm³/mol. The molecular formula is C19H24N2O3. The molecular weight excluding hydrogens is 304 g/mol. The Morgan fingerprint density at radius 2 is 1.92 bits per heavy atom. The Morgan fingerprint density at radius 3 is 2.54 bits per heavy atom. The second kappa shape index (κ2) is 7.34. The standard InChI is InChI=1S/C19H24N2O3/c1-6-9-24-17-11-14(4)21(23)15(5)18(17)19(22)20-16-8-7-12(2)10-13(16)3/h7-8,10-11H,6,9H2,1-5H3,(H,20,22). The number of pyridine rings is 1. The average Bonchev–Trinajstić information content (AvgIpc) is 2.53. The van der Waals surface area contributed by atoms with E-state index in [-0.39, 0.29) is 11.5 Å². The Balaban J connectivity index is 2.41. The van der Waals surface area contributed by atoms with Crippen molar-refractivity contribution in [1.82, 2.24) is 0 Å². The number of hydrogen-bond donors (Lipinski definition) is 1. The number of carbonyl (C=O) groups excluding carboxylic acids is 1. The third-order valence-corrected chi connectivity index (χ3v) is 3.89. The maximum atomic E-state index is 12.8. The van der Waals surface area contributed by atoms with E-state index in [1.54, 1.807) is 19.9 Å². The molecule has 0 atom stereocenters. The molecule has 2 aromatic rings. The van der Waals surface area contributed by atoms with Crippen LogP contribution < -0.4 is 14.8 Å². The molecule has 1 aromatic carbocycles. The predicted octanol–water partition coefficient (Wildman–Crippen LogP) is 3.59. The number of hydrogen-bond acceptors (Lipinski definition) is 3. The van der Waals surface area contributed by atoms with Crippen molar-refractivity contribution in [3.8, 4) is 5.75 Å². The van der Waals surface area contributed by atoms with Crippen molar-refractivity contribution in [2.24, 2.45) is 0 Å². The molecule has 0 aliphatic heterocycles. The molecule has 0 fully saturated rings. The van der Waals surface area contributed by atoms with Gasteiger partial charge in [-0.25, -0.2) is 0 Å². The van der Waals surface area contributed by atoms with E-state index < -0.39 is 0 Å². The number of rotatable bonds is 5. The van der Waals surface area contributed by atoms with Crippen molar-refractivity contribution >= 4 is 11.6 Å². The first-order chi connectivity index (χ1) is 11.3. The number of anilines is 1. The number of nitrogens with one attached hydrogen (secondary N) is 1. The lowest BCUT2D eigenvalue weighted by molar-refractivity contribution is -0.619. The second-order valence-corrected chi connectivity index (χ2v) is 6.03. The zero-order valence-electron chi connectivity index (χ0n) is 14.9. The van der Waals surface area contributed by atoms with Gasteiger partial charge in [0.25, 0.3) is 5.91 Å². The summed E-state index contributed by atoms with van der Waals surface area (Å²) >= 11 is 0. The molecule has 128 valence electrons. The van der Waals surface area contributed by atoms with Crippen LogP contribution in [-0.4, -0.2) is 12.5 Å². The van der Waals surface area contributed by atoms with E-state index in [0.29, 0.717) is 23.7 Å². The Morgan fingerprint density at radius 1 is 1.21 bits per heavy atom. The lowest BCUT2D eigenvalue weighted by Gasteiger charge is -2.16. The van der Waals surface area contributed by atoms with Gasteiger partial charge in [-0.15, -0.1) is 0 Å². The van der Waals surface area contributed by atoms with Gasteiger partial charge in [0.2, 0.25) is 5.69 Å². The largest absolute Gasteiger partial charge is 0.618 e. The maximum Gasteiger partial charge on any atom is 0.265 e. The highest BCUT2D eigenvalue weighted by atomic mass is 16.5. The summed E-state index contributed by atoms with van der Waals surface area (Å²) in [7, 11) is 0. The number of benzene rings is 1. The van der Waals surface area contributed by atoms with Gasteiger partial charge in [-0.3, -0.25) is 4.79 Å². The molecule has 1 amide bonds. The first-order valence-electron chi connectivity index (χ1n) is 8.10. The quantitative estimate of drug-likeness (QED) is 0.674. The molecule has 1 heterocycles. The van der Waals surface area contributed by atoms with Crippen LogP contribution in [-0.2, 0) is 0 Å². The normalized spacial score (nSPS) is 10.5. The van der Waals surface area contributed by atoms with Gasteiger partial charge in [-0.2, -0.15) is 4.73 Å². The fourth-order valence-corrected chi connectivity index (χ4v) is 2.61. The zero-order chi connectivity index (χ0) is 17.9. The van der Waals surface area contributed by atoms with Crippen molar-refractivity contribution in [3.05, 3.63) is 57.6 Å². The molecule has 0 unspecified atom stereocenters. The van der Waals surface area contributed by atoms with Gasteiger partial charge in [-0.05, 0) is 31.9 Å². The topological polar surface area (TPSA) is 65.3 Å². The van der Waals surface area contributed by atoms with Crippen LogP contribution in [0, 0.1) is 32.9 Å². The summed E-state index contributed by atoms with van der Waals surface area (Å²) in [6, 6.07) is 7.42. The van der Waals surface area contributed by atoms with Crippen LogP contribution in [0.25, 0.3) is 0 Å². The van der Waals surface area contributed by atoms with E-state index in [2.05, 4.69) is 5.32 Å². The molecule has 0 bridgehead atoms. The van der Waals surface area contributed by atoms with E-state index in [4.69, 9.17) is 4.74 Å². The lowest BCUT2D eigenvalue weighted by atomic mass is 10.1. The Hall–Kier alpha value is -2.56. The smallest absolute Gasteiger partial charge is 0.265 e. The van der Waals surface area contributed by atoms with Gasteiger partial charge in [0.15, 0.2) is 5.69 Å². The number of ether oxygens (including phenoxy) is 1. The molecule has 5 heteroatoms. The molecule has 1 aromatic heterocycles. The van der Waals surface area contributed by atoms with E-state index in [1.807, 2.05) is 39.0 Å². The van der Waals surface area contributed by atoms with Gasteiger partial charge in [-0.1, -0.05) is 24.6 Å². The summed E-state index contributed by atoms with van der Waals surface area (Å²) in [6.07, 6.45) is 0.822. The minimum atomic E-state index is -0.338. The Labute approximate surface area is 142 Å². The number of aryl methyl sites for hydroxylation is 3. The molecule has 0 saturated carbocycles. The first-order valence-corrected chi connectivity index (χ1v) is 8.10. The van der Waals surface area contributed by atoms with Gasteiger partial charge in [0.1, 0.15) is 11.3 Å². The summed E-state index contributed by atoms with van der Waals surface area (Å²) in [5, 5.41) is 15.1. The first kappa shape index (κ1) is 17.8. The van der Waals surface area contributed by atoms with Gasteiger partial charge >= 0.3 is 0 Å². The van der Waals surface area contributed by atoms with Crippen molar-refractivity contribution in [2.45, 2.75) is 41.0 Å². The van der Waals surface area contributed by atoms with Gasteiger partial charge in [0, 0.05) is 25.6 Å². The molecule has 0 radical (unpaired) electrons. The molecule has 0 saturated heterocycles. The summed E-state index contributed by atoms with van der Waals surface area (Å²) in [4.78, 5) is 12.8. The second-order valence-electron chi connectivity index (χ2n) is 6.03. The average molecular weight is 328 g/mol. The van der Waals surface area contributed by atoms with Crippen LogP contribution in [0.4, 0.5) is 5.69 Å². The van der Waals surface area contributed by atoms with Crippen LogP contribution in [0.3, 0.4) is 0 Å². The van der Waals surface area contributed by atoms with Crippen LogP contribution >= 0.6 is 0 Å². The summed E-state index contributed by atoms with van der Waals surface area (Å²) in [5.41, 5.74) is 3.94. The number of nitrogens with zero attached hydrogens (tertiary/aromatic N) is 1. The molecule has 0 aliphatic carbocycles. The number of amides is 1. The number of aromatic nitrogens is 1. The Bertz CT molecular complexity index is 770. The molecule has 24 heavy (non-hydrogen) atoms. The molecule has 0 spiro atoms. The molecule has 2 rings (SSSR count). The summed E-state index contributed by atoms with van der Waals surface area (Å²) < 4.78 is 6.46. The third kappa shape index (κ3) is 3.67. The van der Waals surface area contributed by atoms with E-state index in [9.17, 15) is 10.0 Å². The summed E-state index contributed by atoms with van der Waals surface area (Å²) in [5.74, 6) is 0.108. The molecule has 0 aliphatic rings. The zero-order valence-corrected chi connectivity index (χ0v) is 14.9. The minimum absolute atomic E-state index is 0.282. The SMILES string of the molecule is CCCOc1cc(C)[n+]([O-])c(C)c1C(=O)Nc1ccc(C)cc1C. The minimum Gasteiger partial charge on any atom is -0.618 e. The van der Waals surface area contributed by atoms with E-state index in [1.165, 1.54) is 0 Å². The highest BCUT2D eigenvalue weighted by molar-refractivity contribution is 6.07. The highest BCUT2D eigenvalue weighted by Gasteiger charge is 2.24. The van der Waals surface area contributed by atoms with E-state index >= 15 is 0 Å². The highest BCUT2D eigenvalue weighted by Crippen LogP contribution is 2.24. The van der Waals surface area contributed by atoms with Crippen LogP contribution in [0.5, 0.6) is 5.75 Å². The van der Waals surface area contributed by atoms with Crippen molar-refractivity contribution in [2.75, 3.05) is 11.9 Å². The fraction of sp³-hybridized carbons (Fsp3) is 0.368. The number of carbonyl (C=O) groups is 1. The molecule has 1 N–H and O–H groups in total. The van der Waals surface area contributed by atoms with Crippen LogP contribution in [0.1, 0.15) is 46.2 Å². The van der Waals surface area contributed by atoms with Crippen LogP contribution in [0.15, 0.2) is 24.3 Å². The fourth-order valence-electron chi connectivity index (χ4n) is 2.61. The van der Waals surface area contributed by atoms with E-state index in [0.717, 1.165) is 28.0 Å². The van der Waals surface area contributed by atoms with Gasteiger partial charge in [0.05, 0.1) is 6.61 Å². The Kier molecular flexibility index (Phi) is 5.44. The monoisotopic (exact) mass is 328 g/mol. The van der Waals surface area contributed by atoms with Crippen molar-refractivity contribution in [3.63, 3.8) is 0 Å². The van der Waals surface area contributed by atoms with Crippen molar-refractivity contribution < 1.29 is 14.3 Å².